The Bertz CT molecular complexity index is 1100. The SMILES string of the molecule is CC(C)c1cc2c(cc1OC(c1ccncc1)c1ccc(C#N)cc1)OCCC2=O. The summed E-state index contributed by atoms with van der Waals surface area (Å²) in [5, 5.41) is 9.12. The minimum atomic E-state index is -0.393. The van der Waals surface area contributed by atoms with Crippen LogP contribution in [0.5, 0.6) is 11.5 Å². The molecule has 5 heteroatoms. The van der Waals surface area contributed by atoms with Crippen molar-refractivity contribution < 1.29 is 14.3 Å². The molecule has 1 aromatic heterocycles. The van der Waals surface area contributed by atoms with Crippen LogP contribution < -0.4 is 9.47 Å². The number of Topliss-reactive ketones (excluding diaryl/α,β-unsaturated/α-hetero) is 1. The Hall–Kier alpha value is -3.65. The fourth-order valence-corrected chi connectivity index (χ4v) is 3.58. The smallest absolute Gasteiger partial charge is 0.170 e. The van der Waals surface area contributed by atoms with Gasteiger partial charge in [-0.1, -0.05) is 26.0 Å². The minimum Gasteiger partial charge on any atom is -0.492 e. The van der Waals surface area contributed by atoms with Crippen molar-refractivity contribution >= 4 is 5.78 Å². The average molecular weight is 398 g/mol. The topological polar surface area (TPSA) is 72.2 Å². The summed E-state index contributed by atoms with van der Waals surface area (Å²) in [6.07, 6.45) is 3.46. The first-order valence-corrected chi connectivity index (χ1v) is 9.97. The van der Waals surface area contributed by atoms with E-state index in [4.69, 9.17) is 14.7 Å². The molecule has 0 bridgehead atoms. The lowest BCUT2D eigenvalue weighted by Gasteiger charge is -2.25. The zero-order valence-corrected chi connectivity index (χ0v) is 17.0. The van der Waals surface area contributed by atoms with Gasteiger partial charge < -0.3 is 9.47 Å². The maximum Gasteiger partial charge on any atom is 0.170 e. The quantitative estimate of drug-likeness (QED) is 0.590. The maximum atomic E-state index is 12.3. The number of fused-ring (bicyclic) bond motifs is 1. The normalized spacial score (nSPS) is 13.9. The summed E-state index contributed by atoms with van der Waals surface area (Å²) in [6.45, 7) is 4.54. The standard InChI is InChI=1S/C25H22N2O3/c1-16(2)20-13-21-22(28)9-12-29-23(21)14-24(20)30-25(19-7-10-27-11-8-19)18-5-3-17(15-26)4-6-18/h3-8,10-11,13-14,16,25H,9,12H2,1-2H3. The molecule has 150 valence electrons. The monoisotopic (exact) mass is 398 g/mol. The first-order valence-electron chi connectivity index (χ1n) is 9.97. The van der Waals surface area contributed by atoms with Crippen molar-refractivity contribution in [2.24, 2.45) is 0 Å². The number of benzene rings is 2. The van der Waals surface area contributed by atoms with E-state index >= 15 is 0 Å². The fourth-order valence-electron chi connectivity index (χ4n) is 3.58. The summed E-state index contributed by atoms with van der Waals surface area (Å²) in [5.41, 5.74) is 4.04. The van der Waals surface area contributed by atoms with Gasteiger partial charge in [0.25, 0.3) is 0 Å². The van der Waals surface area contributed by atoms with E-state index in [1.165, 1.54) is 0 Å². The lowest BCUT2D eigenvalue weighted by atomic mass is 9.95. The van der Waals surface area contributed by atoms with Gasteiger partial charge in [0.2, 0.25) is 0 Å². The third-order valence-electron chi connectivity index (χ3n) is 5.22. The van der Waals surface area contributed by atoms with Crippen LogP contribution in [0, 0.1) is 11.3 Å². The lowest BCUT2D eigenvalue weighted by molar-refractivity contribution is 0.0933. The summed E-state index contributed by atoms with van der Waals surface area (Å²) < 4.78 is 12.3. The van der Waals surface area contributed by atoms with Crippen molar-refractivity contribution in [2.45, 2.75) is 32.3 Å². The summed E-state index contributed by atoms with van der Waals surface area (Å²) in [4.78, 5) is 16.5. The predicted octanol–water partition coefficient (Wildman–Crippen LogP) is 5.21. The van der Waals surface area contributed by atoms with Gasteiger partial charge in [0, 0.05) is 24.9 Å². The van der Waals surface area contributed by atoms with E-state index < -0.39 is 6.10 Å². The van der Waals surface area contributed by atoms with E-state index in [-0.39, 0.29) is 11.7 Å². The molecule has 5 nitrogen and oxygen atoms in total. The molecule has 4 rings (SSSR count). The fraction of sp³-hybridized carbons (Fsp3) is 0.240. The van der Waals surface area contributed by atoms with Crippen molar-refractivity contribution in [1.82, 2.24) is 4.98 Å². The number of carbonyl (C=O) groups excluding carboxylic acids is 1. The van der Waals surface area contributed by atoms with Crippen LogP contribution in [0.15, 0.2) is 60.9 Å². The molecular weight excluding hydrogens is 376 g/mol. The molecule has 0 spiro atoms. The van der Waals surface area contributed by atoms with Crippen LogP contribution in [-0.4, -0.2) is 17.4 Å². The molecular formula is C25H22N2O3. The first kappa shape index (κ1) is 19.7. The Labute approximate surface area is 175 Å². The third-order valence-corrected chi connectivity index (χ3v) is 5.22. The molecule has 3 aromatic rings. The number of nitriles is 1. The highest BCUT2D eigenvalue weighted by Gasteiger charge is 2.25. The van der Waals surface area contributed by atoms with Gasteiger partial charge in [-0.15, -0.1) is 0 Å². The Morgan fingerprint density at radius 1 is 1.07 bits per heavy atom. The molecule has 0 aliphatic carbocycles. The number of ketones is 1. The van der Waals surface area contributed by atoms with Gasteiger partial charge in [0.15, 0.2) is 5.78 Å². The molecule has 2 heterocycles. The molecule has 30 heavy (non-hydrogen) atoms. The molecule has 1 aliphatic heterocycles. The Kier molecular flexibility index (Phi) is 5.49. The second-order valence-corrected chi connectivity index (χ2v) is 7.57. The van der Waals surface area contributed by atoms with Crippen LogP contribution in [0.4, 0.5) is 0 Å². The molecule has 0 amide bonds. The molecule has 0 radical (unpaired) electrons. The third kappa shape index (κ3) is 3.90. The number of rotatable bonds is 5. The van der Waals surface area contributed by atoms with Crippen LogP contribution in [0.2, 0.25) is 0 Å². The largest absolute Gasteiger partial charge is 0.492 e. The number of hydrogen-bond acceptors (Lipinski definition) is 5. The molecule has 0 saturated heterocycles. The molecule has 2 aromatic carbocycles. The second kappa shape index (κ2) is 8.38. The van der Waals surface area contributed by atoms with Crippen LogP contribution in [0.3, 0.4) is 0 Å². The first-order chi connectivity index (χ1) is 14.6. The summed E-state index contributed by atoms with van der Waals surface area (Å²) >= 11 is 0. The van der Waals surface area contributed by atoms with Gasteiger partial charge in [-0.05, 0) is 52.9 Å². The van der Waals surface area contributed by atoms with E-state index in [9.17, 15) is 4.79 Å². The average Bonchev–Trinajstić information content (AvgIpc) is 2.78. The van der Waals surface area contributed by atoms with E-state index in [0.717, 1.165) is 16.7 Å². The number of nitrogens with zero attached hydrogens (tertiary/aromatic N) is 2. The van der Waals surface area contributed by atoms with Crippen molar-refractivity contribution in [2.75, 3.05) is 6.61 Å². The van der Waals surface area contributed by atoms with Gasteiger partial charge >= 0.3 is 0 Å². The van der Waals surface area contributed by atoms with Crippen molar-refractivity contribution in [1.29, 1.82) is 5.26 Å². The van der Waals surface area contributed by atoms with Gasteiger partial charge in [0.1, 0.15) is 17.6 Å². The zero-order valence-electron chi connectivity index (χ0n) is 17.0. The van der Waals surface area contributed by atoms with E-state index in [1.807, 2.05) is 36.4 Å². The summed E-state index contributed by atoms with van der Waals surface area (Å²) in [7, 11) is 0. The zero-order chi connectivity index (χ0) is 21.1. The van der Waals surface area contributed by atoms with Crippen LogP contribution in [0.1, 0.15) is 64.9 Å². The highest BCUT2D eigenvalue weighted by atomic mass is 16.5. The van der Waals surface area contributed by atoms with Crippen LogP contribution in [0.25, 0.3) is 0 Å². The number of hydrogen-bond donors (Lipinski definition) is 0. The number of pyridine rings is 1. The predicted molar refractivity (Wildman–Crippen MR) is 113 cm³/mol. The maximum absolute atomic E-state index is 12.3. The number of carbonyl (C=O) groups is 1. The van der Waals surface area contributed by atoms with Gasteiger partial charge in [-0.2, -0.15) is 5.26 Å². The van der Waals surface area contributed by atoms with Crippen LogP contribution in [-0.2, 0) is 0 Å². The molecule has 1 aliphatic rings. The van der Waals surface area contributed by atoms with Crippen molar-refractivity contribution in [3.05, 3.63) is 88.7 Å². The van der Waals surface area contributed by atoms with Crippen molar-refractivity contribution in [3.63, 3.8) is 0 Å². The molecule has 1 atom stereocenters. The molecule has 0 saturated carbocycles. The Morgan fingerprint density at radius 2 is 1.77 bits per heavy atom. The van der Waals surface area contributed by atoms with Crippen molar-refractivity contribution in [3.8, 4) is 17.6 Å². The number of aromatic nitrogens is 1. The molecule has 1 unspecified atom stereocenters. The van der Waals surface area contributed by atoms with E-state index in [2.05, 4.69) is 24.9 Å². The number of ether oxygens (including phenoxy) is 2. The Balaban J connectivity index is 1.79. The van der Waals surface area contributed by atoms with Gasteiger partial charge in [-0.3, -0.25) is 9.78 Å². The summed E-state index contributed by atoms with van der Waals surface area (Å²) in [5.74, 6) is 1.52. The van der Waals surface area contributed by atoms with E-state index in [1.54, 1.807) is 24.5 Å². The van der Waals surface area contributed by atoms with E-state index in [0.29, 0.717) is 35.7 Å². The minimum absolute atomic E-state index is 0.0995. The molecule has 0 fully saturated rings. The van der Waals surface area contributed by atoms with Gasteiger partial charge in [0.05, 0.1) is 23.8 Å². The highest BCUT2D eigenvalue weighted by molar-refractivity contribution is 6.00. The van der Waals surface area contributed by atoms with Gasteiger partial charge in [-0.25, -0.2) is 0 Å². The highest BCUT2D eigenvalue weighted by Crippen LogP contribution is 2.39. The lowest BCUT2D eigenvalue weighted by Crippen LogP contribution is -2.17. The second-order valence-electron chi connectivity index (χ2n) is 7.57. The molecule has 0 N–H and O–H groups in total. The Morgan fingerprint density at radius 3 is 2.43 bits per heavy atom. The van der Waals surface area contributed by atoms with Crippen LogP contribution >= 0.6 is 0 Å². The summed E-state index contributed by atoms with van der Waals surface area (Å²) in [6, 6.07) is 17.1.